The summed E-state index contributed by atoms with van der Waals surface area (Å²) in [4.78, 5) is 41.7. The molecule has 2 saturated heterocycles. The number of aromatic nitrogens is 2. The van der Waals surface area contributed by atoms with E-state index in [1.807, 2.05) is 57.2 Å². The van der Waals surface area contributed by atoms with Crippen molar-refractivity contribution in [1.29, 1.82) is 0 Å². The van der Waals surface area contributed by atoms with Crippen LogP contribution in [0, 0.1) is 13.8 Å². The summed E-state index contributed by atoms with van der Waals surface area (Å²) in [7, 11) is 0. The Morgan fingerprint density at radius 3 is 2.43 bits per heavy atom. The molecule has 1 spiro atoms. The highest BCUT2D eigenvalue weighted by Gasteiger charge is 2.52. The summed E-state index contributed by atoms with van der Waals surface area (Å²) in [5.41, 5.74) is 1.81. The molecule has 3 heterocycles. The Kier molecular flexibility index (Phi) is 5.09. The molecule has 1 N–H and O–H groups in total. The number of aryl methyl sites for hydroxylation is 2. The molecule has 0 saturated carbocycles. The Balaban J connectivity index is 1.42. The zero-order chi connectivity index (χ0) is 21.5. The second-order valence-electron chi connectivity index (χ2n) is 8.26. The van der Waals surface area contributed by atoms with Crippen molar-refractivity contribution in [1.82, 2.24) is 24.9 Å². The van der Waals surface area contributed by atoms with E-state index in [4.69, 9.17) is 0 Å². The first-order valence-corrected chi connectivity index (χ1v) is 10.3. The van der Waals surface area contributed by atoms with Crippen LogP contribution < -0.4 is 5.32 Å². The highest BCUT2D eigenvalue weighted by molar-refractivity contribution is 6.07. The fourth-order valence-electron chi connectivity index (χ4n) is 4.44. The average molecular weight is 409 g/mol. The van der Waals surface area contributed by atoms with Gasteiger partial charge in [0.15, 0.2) is 0 Å². The van der Waals surface area contributed by atoms with Crippen molar-refractivity contribution in [2.24, 2.45) is 0 Å². The second-order valence-corrected chi connectivity index (χ2v) is 8.26. The molecule has 30 heavy (non-hydrogen) atoms. The van der Waals surface area contributed by atoms with Gasteiger partial charge in [0.1, 0.15) is 11.6 Å². The minimum Gasteiger partial charge on any atom is -0.341 e. The molecule has 0 radical (unpaired) electrons. The molecule has 2 aromatic rings. The zero-order valence-corrected chi connectivity index (χ0v) is 17.6. The molecule has 4 amide bonds. The number of amides is 4. The van der Waals surface area contributed by atoms with Crippen LogP contribution in [0.15, 0.2) is 36.4 Å². The van der Waals surface area contributed by atoms with E-state index in [-0.39, 0.29) is 24.4 Å². The van der Waals surface area contributed by atoms with Crippen LogP contribution in [0.4, 0.5) is 4.79 Å². The molecule has 0 unspecified atom stereocenters. The van der Waals surface area contributed by atoms with Crippen LogP contribution in [0.1, 0.15) is 42.8 Å². The SMILES string of the molecule is Cc1cc(C)n([C@H](C)C(=O)N2CCC3(CC2)NC(=O)N(Cc2ccccc2)C3=O)n1. The summed E-state index contributed by atoms with van der Waals surface area (Å²) < 4.78 is 1.74. The van der Waals surface area contributed by atoms with Gasteiger partial charge in [0.05, 0.1) is 12.2 Å². The molecule has 8 heteroatoms. The fourth-order valence-corrected chi connectivity index (χ4v) is 4.44. The maximum absolute atomic E-state index is 13.1. The van der Waals surface area contributed by atoms with Crippen LogP contribution >= 0.6 is 0 Å². The summed E-state index contributed by atoms with van der Waals surface area (Å²) in [6.07, 6.45) is 0.830. The molecule has 1 aromatic heterocycles. The largest absolute Gasteiger partial charge is 0.341 e. The summed E-state index contributed by atoms with van der Waals surface area (Å²) in [5.74, 6) is -0.219. The molecule has 0 aliphatic carbocycles. The first-order valence-electron chi connectivity index (χ1n) is 10.3. The normalized spacial score (nSPS) is 19.3. The standard InChI is InChI=1S/C22H27N5O3/c1-15-13-16(2)27(24-15)17(3)19(28)25-11-9-22(10-12-25)20(29)26(21(30)23-22)14-18-7-5-4-6-8-18/h4-8,13,17H,9-12,14H2,1-3H3,(H,23,30)/t17-/m1/s1. The van der Waals surface area contributed by atoms with Crippen molar-refractivity contribution in [2.75, 3.05) is 13.1 Å². The first kappa shape index (κ1) is 20.1. The van der Waals surface area contributed by atoms with E-state index in [9.17, 15) is 14.4 Å². The zero-order valence-electron chi connectivity index (χ0n) is 17.6. The molecular formula is C22H27N5O3. The van der Waals surface area contributed by atoms with Crippen molar-refractivity contribution in [3.05, 3.63) is 53.3 Å². The van der Waals surface area contributed by atoms with E-state index < -0.39 is 11.6 Å². The Hall–Kier alpha value is -3.16. The summed E-state index contributed by atoms with van der Waals surface area (Å²) in [6, 6.07) is 10.6. The average Bonchev–Trinajstić information content (AvgIpc) is 3.19. The van der Waals surface area contributed by atoms with E-state index in [0.29, 0.717) is 25.9 Å². The molecule has 158 valence electrons. The van der Waals surface area contributed by atoms with Gasteiger partial charge in [-0.05, 0) is 45.2 Å². The number of carbonyl (C=O) groups excluding carboxylic acids is 3. The first-order chi connectivity index (χ1) is 14.3. The lowest BCUT2D eigenvalue weighted by Gasteiger charge is -2.38. The lowest BCUT2D eigenvalue weighted by Crippen LogP contribution is -2.56. The molecule has 2 aliphatic rings. The van der Waals surface area contributed by atoms with Crippen molar-refractivity contribution < 1.29 is 14.4 Å². The Morgan fingerprint density at radius 2 is 1.83 bits per heavy atom. The number of hydrogen-bond donors (Lipinski definition) is 1. The summed E-state index contributed by atoms with van der Waals surface area (Å²) >= 11 is 0. The molecular weight excluding hydrogens is 382 g/mol. The molecule has 1 aromatic carbocycles. The number of piperidine rings is 1. The van der Waals surface area contributed by atoms with Crippen LogP contribution in [0.25, 0.3) is 0 Å². The van der Waals surface area contributed by atoms with E-state index in [1.54, 1.807) is 9.58 Å². The Morgan fingerprint density at radius 1 is 1.17 bits per heavy atom. The van der Waals surface area contributed by atoms with Gasteiger partial charge in [-0.3, -0.25) is 19.2 Å². The van der Waals surface area contributed by atoms with Crippen LogP contribution in [-0.2, 0) is 16.1 Å². The van der Waals surface area contributed by atoms with Crippen molar-refractivity contribution in [2.45, 2.75) is 51.7 Å². The van der Waals surface area contributed by atoms with Gasteiger partial charge in [-0.25, -0.2) is 4.79 Å². The highest BCUT2D eigenvalue weighted by atomic mass is 16.2. The number of benzene rings is 1. The van der Waals surface area contributed by atoms with E-state index in [1.165, 1.54) is 4.90 Å². The monoisotopic (exact) mass is 409 g/mol. The van der Waals surface area contributed by atoms with Crippen molar-refractivity contribution in [3.8, 4) is 0 Å². The van der Waals surface area contributed by atoms with E-state index in [0.717, 1.165) is 17.0 Å². The predicted octanol–water partition coefficient (Wildman–Crippen LogP) is 2.17. The van der Waals surface area contributed by atoms with Gasteiger partial charge in [-0.2, -0.15) is 5.10 Å². The molecule has 4 rings (SSSR count). The number of nitrogens with zero attached hydrogens (tertiary/aromatic N) is 4. The Bertz CT molecular complexity index is 976. The van der Waals surface area contributed by atoms with Crippen LogP contribution in [-0.4, -0.2) is 56.1 Å². The van der Waals surface area contributed by atoms with Gasteiger partial charge < -0.3 is 10.2 Å². The van der Waals surface area contributed by atoms with Crippen LogP contribution in [0.2, 0.25) is 0 Å². The Labute approximate surface area is 175 Å². The van der Waals surface area contributed by atoms with E-state index >= 15 is 0 Å². The highest BCUT2D eigenvalue weighted by Crippen LogP contribution is 2.31. The molecule has 2 aliphatic heterocycles. The quantitative estimate of drug-likeness (QED) is 0.784. The van der Waals surface area contributed by atoms with Gasteiger partial charge in [0, 0.05) is 18.8 Å². The number of urea groups is 1. The number of likely N-dealkylation sites (tertiary alicyclic amines) is 1. The third-order valence-electron chi connectivity index (χ3n) is 6.13. The minimum absolute atomic E-state index is 0.0195. The number of carbonyl (C=O) groups is 3. The number of nitrogens with one attached hydrogen (secondary N) is 1. The fraction of sp³-hybridized carbons (Fsp3) is 0.455. The summed E-state index contributed by atoms with van der Waals surface area (Å²) in [6.45, 7) is 6.78. The topological polar surface area (TPSA) is 87.5 Å². The number of imide groups is 1. The number of hydrogen-bond acceptors (Lipinski definition) is 4. The predicted molar refractivity (Wildman–Crippen MR) is 110 cm³/mol. The lowest BCUT2D eigenvalue weighted by atomic mass is 9.87. The molecule has 1 atom stereocenters. The van der Waals surface area contributed by atoms with Gasteiger partial charge in [-0.1, -0.05) is 30.3 Å². The molecule has 8 nitrogen and oxygen atoms in total. The van der Waals surface area contributed by atoms with E-state index in [2.05, 4.69) is 10.4 Å². The minimum atomic E-state index is -0.913. The lowest BCUT2D eigenvalue weighted by molar-refractivity contribution is -0.140. The second kappa shape index (κ2) is 7.59. The number of rotatable bonds is 4. The van der Waals surface area contributed by atoms with Crippen molar-refractivity contribution in [3.63, 3.8) is 0 Å². The van der Waals surface area contributed by atoms with Gasteiger partial charge in [-0.15, -0.1) is 0 Å². The smallest absolute Gasteiger partial charge is 0.325 e. The van der Waals surface area contributed by atoms with Gasteiger partial charge >= 0.3 is 6.03 Å². The van der Waals surface area contributed by atoms with Crippen LogP contribution in [0.3, 0.4) is 0 Å². The maximum Gasteiger partial charge on any atom is 0.325 e. The van der Waals surface area contributed by atoms with Gasteiger partial charge in [0.25, 0.3) is 5.91 Å². The van der Waals surface area contributed by atoms with Crippen LogP contribution in [0.5, 0.6) is 0 Å². The summed E-state index contributed by atoms with van der Waals surface area (Å²) in [5, 5.41) is 7.32. The third kappa shape index (κ3) is 3.46. The molecule has 2 fully saturated rings. The van der Waals surface area contributed by atoms with Crippen molar-refractivity contribution >= 4 is 17.8 Å². The third-order valence-corrected chi connectivity index (χ3v) is 6.13. The van der Waals surface area contributed by atoms with Gasteiger partial charge in [0.2, 0.25) is 5.91 Å². The molecule has 0 bridgehead atoms. The maximum atomic E-state index is 13.1.